The van der Waals surface area contributed by atoms with Gasteiger partial charge in [0.25, 0.3) is 0 Å². The summed E-state index contributed by atoms with van der Waals surface area (Å²) in [6.07, 6.45) is 0. The first-order valence-corrected chi connectivity index (χ1v) is 3.51. The molecule has 0 fully saturated rings. The average molecular weight is 198 g/mol. The summed E-state index contributed by atoms with van der Waals surface area (Å²) in [5.74, 6) is -1.34. The van der Waals surface area contributed by atoms with Gasteiger partial charge in [-0.3, -0.25) is 0 Å². The number of aromatic nitrogens is 1. The first-order chi connectivity index (χ1) is 6.54. The van der Waals surface area contributed by atoms with Gasteiger partial charge in [-0.2, -0.15) is 0 Å². The Morgan fingerprint density at radius 1 is 1.57 bits per heavy atom. The summed E-state index contributed by atoms with van der Waals surface area (Å²) in [4.78, 5) is 33.3. The van der Waals surface area contributed by atoms with E-state index in [0.717, 1.165) is 19.2 Å². The Labute approximate surface area is 77.5 Å². The van der Waals surface area contributed by atoms with E-state index < -0.39 is 22.3 Å². The Morgan fingerprint density at radius 3 is 2.71 bits per heavy atom. The van der Waals surface area contributed by atoms with Crippen LogP contribution in [0.1, 0.15) is 10.4 Å². The van der Waals surface area contributed by atoms with E-state index in [4.69, 9.17) is 0 Å². The van der Waals surface area contributed by atoms with Crippen LogP contribution >= 0.6 is 0 Å². The smallest absolute Gasteiger partial charge is 0.338 e. The fourth-order valence-electron chi connectivity index (χ4n) is 0.863. The molecule has 14 heavy (non-hydrogen) atoms. The van der Waals surface area contributed by atoms with Gasteiger partial charge in [-0.25, -0.2) is 14.6 Å². The summed E-state index contributed by atoms with van der Waals surface area (Å²) in [7, 11) is 1.12. The van der Waals surface area contributed by atoms with Gasteiger partial charge in [0.1, 0.15) is 0 Å². The number of carbonyl (C=O) groups is 1. The van der Waals surface area contributed by atoms with Gasteiger partial charge in [-0.1, -0.05) is 0 Å². The predicted molar refractivity (Wildman–Crippen MR) is 45.1 cm³/mol. The number of carbonyl (C=O) groups excluding carboxylic acids is 1. The first kappa shape index (κ1) is 9.90. The Balaban J connectivity index is 3.27. The molecule has 1 aromatic rings. The van der Waals surface area contributed by atoms with Crippen molar-refractivity contribution in [3.05, 3.63) is 38.2 Å². The van der Waals surface area contributed by atoms with Crippen molar-refractivity contribution in [3.8, 4) is 0 Å². The fraction of sp³-hybridized carbons (Fsp3) is 0.143. The quantitative estimate of drug-likeness (QED) is 0.411. The summed E-state index contributed by atoms with van der Waals surface area (Å²) in [5.41, 5.74) is -0.873. The Bertz CT molecular complexity index is 436. The maximum atomic E-state index is 10.9. The van der Waals surface area contributed by atoms with Crippen molar-refractivity contribution in [1.82, 2.24) is 4.98 Å². The van der Waals surface area contributed by atoms with Crippen molar-refractivity contribution in [2.45, 2.75) is 0 Å². The second-order valence-electron chi connectivity index (χ2n) is 2.37. The molecule has 0 atom stereocenters. The molecule has 74 valence electrons. The molecule has 1 rings (SSSR count). The number of methoxy groups -OCH3 is 1. The largest absolute Gasteiger partial charge is 0.465 e. The third-order valence-electron chi connectivity index (χ3n) is 1.45. The number of pyridine rings is 1. The van der Waals surface area contributed by atoms with E-state index in [0.29, 0.717) is 0 Å². The van der Waals surface area contributed by atoms with Crippen LogP contribution in [0.25, 0.3) is 0 Å². The Hall–Kier alpha value is -2.18. The first-order valence-electron chi connectivity index (χ1n) is 3.51. The number of hydrogen-bond donors (Lipinski definition) is 1. The Kier molecular flexibility index (Phi) is 2.61. The summed E-state index contributed by atoms with van der Waals surface area (Å²) in [5, 5.41) is 10.3. The lowest BCUT2D eigenvalue weighted by Crippen LogP contribution is -2.12. The van der Waals surface area contributed by atoms with Gasteiger partial charge in [0.15, 0.2) is 0 Å². The Morgan fingerprint density at radius 2 is 2.21 bits per heavy atom. The lowest BCUT2D eigenvalue weighted by molar-refractivity contribution is -0.389. The van der Waals surface area contributed by atoms with Gasteiger partial charge in [0.05, 0.1) is 12.7 Å². The highest BCUT2D eigenvalue weighted by molar-refractivity contribution is 5.89. The molecule has 0 radical (unpaired) electrons. The zero-order valence-electron chi connectivity index (χ0n) is 7.14. The van der Waals surface area contributed by atoms with Crippen molar-refractivity contribution in [3.63, 3.8) is 0 Å². The molecule has 0 aliphatic carbocycles. The number of esters is 1. The molecular formula is C7H6N2O5. The average Bonchev–Trinajstić information content (AvgIpc) is 2.15. The summed E-state index contributed by atoms with van der Waals surface area (Å²) < 4.78 is 4.31. The maximum absolute atomic E-state index is 10.9. The van der Waals surface area contributed by atoms with E-state index in [2.05, 4.69) is 4.74 Å². The minimum Gasteiger partial charge on any atom is -0.465 e. The highest BCUT2D eigenvalue weighted by Crippen LogP contribution is 2.07. The van der Waals surface area contributed by atoms with Crippen LogP contribution in [0, 0.1) is 10.1 Å². The van der Waals surface area contributed by atoms with E-state index in [1.54, 1.807) is 0 Å². The van der Waals surface area contributed by atoms with Crippen LogP contribution in [0.3, 0.4) is 0 Å². The third-order valence-corrected chi connectivity index (χ3v) is 1.45. The third kappa shape index (κ3) is 1.94. The normalized spacial score (nSPS) is 9.50. The molecular weight excluding hydrogens is 192 g/mol. The second-order valence-corrected chi connectivity index (χ2v) is 2.37. The van der Waals surface area contributed by atoms with E-state index in [-0.39, 0.29) is 5.56 Å². The van der Waals surface area contributed by atoms with Crippen LogP contribution in [-0.2, 0) is 4.74 Å². The molecule has 0 amide bonds. The van der Waals surface area contributed by atoms with Gasteiger partial charge >= 0.3 is 17.3 Å². The number of nitrogens with zero attached hydrogens (tertiary/aromatic N) is 1. The summed E-state index contributed by atoms with van der Waals surface area (Å²) >= 11 is 0. The van der Waals surface area contributed by atoms with Crippen LogP contribution in [0.4, 0.5) is 5.82 Å². The van der Waals surface area contributed by atoms with Gasteiger partial charge in [0.2, 0.25) is 0 Å². The van der Waals surface area contributed by atoms with E-state index in [1.165, 1.54) is 0 Å². The molecule has 0 unspecified atom stereocenters. The van der Waals surface area contributed by atoms with E-state index in [9.17, 15) is 19.7 Å². The van der Waals surface area contributed by atoms with Crippen molar-refractivity contribution in [2.24, 2.45) is 0 Å². The molecule has 0 saturated heterocycles. The summed E-state index contributed by atoms with van der Waals surface area (Å²) in [6.45, 7) is 0. The van der Waals surface area contributed by atoms with Crippen molar-refractivity contribution in [2.75, 3.05) is 7.11 Å². The lowest BCUT2D eigenvalue weighted by atomic mass is 10.2. The fourth-order valence-corrected chi connectivity index (χ4v) is 0.863. The minimum absolute atomic E-state index is 0.150. The zero-order valence-corrected chi connectivity index (χ0v) is 7.14. The predicted octanol–water partition coefficient (Wildman–Crippen LogP) is 0.0697. The molecule has 0 bridgehead atoms. The number of hydrogen-bond acceptors (Lipinski definition) is 5. The van der Waals surface area contributed by atoms with Crippen molar-refractivity contribution >= 4 is 11.8 Å². The lowest BCUT2D eigenvalue weighted by Gasteiger charge is -1.97. The van der Waals surface area contributed by atoms with Crippen molar-refractivity contribution in [1.29, 1.82) is 0 Å². The highest BCUT2D eigenvalue weighted by atomic mass is 16.6. The number of nitrogens with one attached hydrogen (secondary N) is 1. The molecule has 0 aliphatic heterocycles. The number of rotatable bonds is 2. The second kappa shape index (κ2) is 3.69. The number of nitro groups is 1. The van der Waals surface area contributed by atoms with Crippen LogP contribution in [-0.4, -0.2) is 23.0 Å². The van der Waals surface area contributed by atoms with Crippen LogP contribution < -0.4 is 5.56 Å². The molecule has 1 heterocycles. The topological polar surface area (TPSA) is 102 Å². The number of ether oxygens (including phenoxy) is 1. The molecule has 0 saturated carbocycles. The summed E-state index contributed by atoms with van der Waals surface area (Å²) in [6, 6.07) is 1.87. The van der Waals surface area contributed by atoms with Gasteiger partial charge < -0.3 is 14.9 Å². The van der Waals surface area contributed by atoms with Gasteiger partial charge in [-0.05, 0) is 4.92 Å². The van der Waals surface area contributed by atoms with E-state index in [1.807, 2.05) is 4.98 Å². The number of H-pyrrole nitrogens is 1. The van der Waals surface area contributed by atoms with Gasteiger partial charge in [-0.15, -0.1) is 0 Å². The molecule has 7 heteroatoms. The standard InChI is InChI=1S/C7H6N2O5/c1-14-7(11)4-2-5(9(12)13)8-6(10)3-4/h2-3H,1H3,(H,8,10). The SMILES string of the molecule is COC(=O)c1cc([N+](=O)[O-])[nH]c(=O)c1. The molecule has 7 nitrogen and oxygen atoms in total. The minimum atomic E-state index is -0.798. The van der Waals surface area contributed by atoms with Crippen LogP contribution in [0.5, 0.6) is 0 Å². The molecule has 1 aromatic heterocycles. The number of aromatic amines is 1. The molecule has 0 spiro atoms. The highest BCUT2D eigenvalue weighted by Gasteiger charge is 2.13. The van der Waals surface area contributed by atoms with Crippen LogP contribution in [0.15, 0.2) is 16.9 Å². The van der Waals surface area contributed by atoms with Crippen LogP contribution in [0.2, 0.25) is 0 Å². The van der Waals surface area contributed by atoms with Gasteiger partial charge in [0, 0.05) is 12.1 Å². The molecule has 1 N–H and O–H groups in total. The zero-order chi connectivity index (χ0) is 10.7. The van der Waals surface area contributed by atoms with E-state index >= 15 is 0 Å². The monoisotopic (exact) mass is 198 g/mol. The maximum Gasteiger partial charge on any atom is 0.338 e. The van der Waals surface area contributed by atoms with Crippen molar-refractivity contribution < 1.29 is 14.5 Å². The molecule has 0 aromatic carbocycles. The molecule has 0 aliphatic rings.